The van der Waals surface area contributed by atoms with E-state index in [0.717, 1.165) is 16.8 Å². The summed E-state index contributed by atoms with van der Waals surface area (Å²) in [5.74, 6) is 0.386. The van der Waals surface area contributed by atoms with Crippen LogP contribution in [0.15, 0.2) is 46.9 Å². The van der Waals surface area contributed by atoms with Gasteiger partial charge in [0.15, 0.2) is 5.76 Å². The number of anilines is 1. The summed E-state index contributed by atoms with van der Waals surface area (Å²) in [4.78, 5) is 12.5. The minimum Gasteiger partial charge on any atom is -0.451 e. The highest BCUT2D eigenvalue weighted by Crippen LogP contribution is 2.32. The molecule has 6 heteroatoms. The Kier molecular flexibility index (Phi) is 5.41. The molecule has 1 aromatic heterocycles. The van der Waals surface area contributed by atoms with E-state index in [0.29, 0.717) is 21.4 Å². The minimum atomic E-state index is -0.315. The van der Waals surface area contributed by atoms with Crippen LogP contribution < -0.4 is 5.32 Å². The van der Waals surface area contributed by atoms with E-state index in [9.17, 15) is 4.79 Å². The minimum absolute atomic E-state index is 0.208. The molecular weight excluding hydrogens is 472 g/mol. The van der Waals surface area contributed by atoms with Crippen LogP contribution in [0.5, 0.6) is 0 Å². The van der Waals surface area contributed by atoms with Crippen LogP contribution in [0.25, 0.3) is 11.3 Å². The van der Waals surface area contributed by atoms with Crippen molar-refractivity contribution in [2.24, 2.45) is 0 Å². The summed E-state index contributed by atoms with van der Waals surface area (Å²) < 4.78 is 6.85. The van der Waals surface area contributed by atoms with E-state index in [-0.39, 0.29) is 11.7 Å². The number of hydrogen-bond acceptors (Lipinski definition) is 2. The van der Waals surface area contributed by atoms with Crippen LogP contribution in [0.3, 0.4) is 0 Å². The number of carbonyl (C=O) groups is 1. The summed E-state index contributed by atoms with van der Waals surface area (Å²) in [6.07, 6.45) is 0. The highest BCUT2D eigenvalue weighted by molar-refractivity contribution is 14.1. The average Bonchev–Trinajstić information content (AvgIpc) is 3.04. The van der Waals surface area contributed by atoms with Gasteiger partial charge in [-0.3, -0.25) is 4.79 Å². The second kappa shape index (κ2) is 7.40. The van der Waals surface area contributed by atoms with Crippen molar-refractivity contribution in [1.29, 1.82) is 0 Å². The van der Waals surface area contributed by atoms with E-state index >= 15 is 0 Å². The largest absolute Gasteiger partial charge is 0.451 e. The van der Waals surface area contributed by atoms with Gasteiger partial charge in [-0.05, 0) is 90.0 Å². The predicted octanol–water partition coefficient (Wildman–Crippen LogP) is 6.73. The molecule has 0 fully saturated rings. The van der Waals surface area contributed by atoms with Crippen molar-refractivity contribution in [1.82, 2.24) is 0 Å². The van der Waals surface area contributed by atoms with Gasteiger partial charge in [0.2, 0.25) is 0 Å². The zero-order valence-corrected chi connectivity index (χ0v) is 17.2. The predicted molar refractivity (Wildman–Crippen MR) is 111 cm³/mol. The number of nitrogens with one attached hydrogen (secondary N) is 1. The number of amides is 1. The third-order valence-electron chi connectivity index (χ3n) is 3.72. The third-order valence-corrected chi connectivity index (χ3v) is 5.98. The molecule has 1 N–H and O–H groups in total. The van der Waals surface area contributed by atoms with Crippen LogP contribution in [0.4, 0.5) is 5.69 Å². The number of benzene rings is 2. The Labute approximate surface area is 169 Å². The number of furan rings is 1. The molecule has 0 aliphatic carbocycles. The fourth-order valence-corrected chi connectivity index (χ4v) is 3.20. The molecule has 0 aliphatic rings. The molecule has 0 radical (unpaired) electrons. The number of hydrogen-bond donors (Lipinski definition) is 1. The molecule has 0 atom stereocenters. The zero-order chi connectivity index (χ0) is 18.1. The summed E-state index contributed by atoms with van der Waals surface area (Å²) >= 11 is 14.5. The molecule has 25 heavy (non-hydrogen) atoms. The molecule has 3 rings (SSSR count). The lowest BCUT2D eigenvalue weighted by atomic mass is 10.1. The fourth-order valence-electron chi connectivity index (χ4n) is 2.50. The van der Waals surface area contributed by atoms with Gasteiger partial charge in [-0.1, -0.05) is 23.2 Å². The van der Waals surface area contributed by atoms with E-state index in [1.54, 1.807) is 30.3 Å². The number of rotatable bonds is 3. The first-order valence-corrected chi connectivity index (χ1v) is 9.32. The number of carbonyl (C=O) groups excluding carboxylic acids is 1. The van der Waals surface area contributed by atoms with Gasteiger partial charge < -0.3 is 9.73 Å². The molecule has 0 saturated carbocycles. The highest BCUT2D eigenvalue weighted by Gasteiger charge is 2.15. The standard InChI is InChI=1S/C19H14Cl2INO2/c1-10-7-13(8-11(2)18(10)22)23-19(24)17-6-5-16(25-17)14-9-12(20)3-4-15(14)21/h3-9H,1-2H3,(H,23,24). The van der Waals surface area contributed by atoms with Crippen molar-refractivity contribution in [3.8, 4) is 11.3 Å². The average molecular weight is 486 g/mol. The Morgan fingerprint density at radius 2 is 1.72 bits per heavy atom. The van der Waals surface area contributed by atoms with Crippen LogP contribution >= 0.6 is 45.8 Å². The molecule has 1 heterocycles. The summed E-state index contributed by atoms with van der Waals surface area (Å²) in [5.41, 5.74) is 3.61. The van der Waals surface area contributed by atoms with Crippen molar-refractivity contribution < 1.29 is 9.21 Å². The summed E-state index contributed by atoms with van der Waals surface area (Å²) in [6.45, 7) is 4.02. The Balaban J connectivity index is 1.85. The lowest BCUT2D eigenvalue weighted by Crippen LogP contribution is -2.11. The highest BCUT2D eigenvalue weighted by atomic mass is 127. The van der Waals surface area contributed by atoms with Gasteiger partial charge in [0.1, 0.15) is 5.76 Å². The molecule has 128 valence electrons. The lowest BCUT2D eigenvalue weighted by molar-refractivity contribution is 0.0997. The van der Waals surface area contributed by atoms with Crippen LogP contribution in [0.2, 0.25) is 10.0 Å². The van der Waals surface area contributed by atoms with Gasteiger partial charge in [-0.25, -0.2) is 0 Å². The molecule has 2 aromatic carbocycles. The third kappa shape index (κ3) is 4.02. The topological polar surface area (TPSA) is 42.2 Å². The van der Waals surface area contributed by atoms with Crippen molar-refractivity contribution in [2.45, 2.75) is 13.8 Å². The maximum absolute atomic E-state index is 12.5. The first-order valence-electron chi connectivity index (χ1n) is 7.48. The van der Waals surface area contributed by atoms with E-state index in [2.05, 4.69) is 27.9 Å². The molecule has 3 aromatic rings. The first kappa shape index (κ1) is 18.3. The lowest BCUT2D eigenvalue weighted by Gasteiger charge is -2.08. The van der Waals surface area contributed by atoms with Crippen molar-refractivity contribution in [3.05, 3.63) is 73.0 Å². The van der Waals surface area contributed by atoms with Crippen LogP contribution in [0, 0.1) is 17.4 Å². The monoisotopic (exact) mass is 485 g/mol. The number of halogens is 3. The number of aryl methyl sites for hydroxylation is 2. The Morgan fingerprint density at radius 1 is 1.04 bits per heavy atom. The van der Waals surface area contributed by atoms with Crippen LogP contribution in [-0.2, 0) is 0 Å². The molecular formula is C19H14Cl2INO2. The van der Waals surface area contributed by atoms with Gasteiger partial charge in [0.05, 0.1) is 5.02 Å². The maximum atomic E-state index is 12.5. The van der Waals surface area contributed by atoms with Gasteiger partial charge in [-0.15, -0.1) is 0 Å². The first-order chi connectivity index (χ1) is 11.8. The van der Waals surface area contributed by atoms with Crippen LogP contribution in [-0.4, -0.2) is 5.91 Å². The maximum Gasteiger partial charge on any atom is 0.291 e. The van der Waals surface area contributed by atoms with Gasteiger partial charge >= 0.3 is 0 Å². The van der Waals surface area contributed by atoms with Crippen molar-refractivity contribution in [3.63, 3.8) is 0 Å². The molecule has 0 spiro atoms. The Bertz CT molecular complexity index is 943. The molecule has 0 aliphatic heterocycles. The van der Waals surface area contributed by atoms with Crippen molar-refractivity contribution in [2.75, 3.05) is 5.32 Å². The Morgan fingerprint density at radius 3 is 2.40 bits per heavy atom. The van der Waals surface area contributed by atoms with Gasteiger partial charge in [0.25, 0.3) is 5.91 Å². The summed E-state index contributed by atoms with van der Waals surface area (Å²) in [5, 5.41) is 3.92. The molecule has 0 unspecified atom stereocenters. The fraction of sp³-hybridized carbons (Fsp3) is 0.105. The molecule has 0 saturated heterocycles. The quantitative estimate of drug-likeness (QED) is 0.418. The van der Waals surface area contributed by atoms with Crippen molar-refractivity contribution >= 4 is 57.4 Å². The second-order valence-electron chi connectivity index (χ2n) is 5.67. The molecule has 1 amide bonds. The smallest absolute Gasteiger partial charge is 0.291 e. The summed E-state index contributed by atoms with van der Waals surface area (Å²) in [7, 11) is 0. The van der Waals surface area contributed by atoms with E-state index in [1.807, 2.05) is 26.0 Å². The molecule has 0 bridgehead atoms. The SMILES string of the molecule is Cc1cc(NC(=O)c2ccc(-c3cc(Cl)ccc3Cl)o2)cc(C)c1I. The normalized spacial score (nSPS) is 10.8. The Hall–Kier alpha value is -1.50. The summed E-state index contributed by atoms with van der Waals surface area (Å²) in [6, 6.07) is 12.3. The zero-order valence-electron chi connectivity index (χ0n) is 13.5. The van der Waals surface area contributed by atoms with E-state index < -0.39 is 0 Å². The molecule has 3 nitrogen and oxygen atoms in total. The van der Waals surface area contributed by atoms with E-state index in [1.165, 1.54) is 3.57 Å². The van der Waals surface area contributed by atoms with Crippen LogP contribution in [0.1, 0.15) is 21.7 Å². The van der Waals surface area contributed by atoms with Gasteiger partial charge in [-0.2, -0.15) is 0 Å². The second-order valence-corrected chi connectivity index (χ2v) is 7.59. The van der Waals surface area contributed by atoms with E-state index in [4.69, 9.17) is 27.6 Å². The van der Waals surface area contributed by atoms with Gasteiger partial charge in [0, 0.05) is 19.8 Å².